The smallest absolute Gasteiger partial charge is 0.291 e. The first kappa shape index (κ1) is 9.74. The van der Waals surface area contributed by atoms with E-state index in [1.807, 2.05) is 0 Å². The lowest BCUT2D eigenvalue weighted by Gasteiger charge is -2.01. The molecular weight excluding hydrogens is 190 g/mol. The summed E-state index contributed by atoms with van der Waals surface area (Å²) in [5.41, 5.74) is 0.560. The number of hydrogen-bond donors (Lipinski definition) is 1. The van der Waals surface area contributed by atoms with Gasteiger partial charge in [-0.25, -0.2) is 0 Å². The Bertz CT molecular complexity index is 332. The van der Waals surface area contributed by atoms with Gasteiger partial charge in [-0.2, -0.15) is 0 Å². The van der Waals surface area contributed by atoms with Crippen molar-refractivity contribution in [2.45, 2.75) is 6.92 Å². The molecule has 0 aliphatic rings. The monoisotopic (exact) mass is 197 g/mol. The van der Waals surface area contributed by atoms with Gasteiger partial charge in [0.25, 0.3) is 5.91 Å². The van der Waals surface area contributed by atoms with Gasteiger partial charge in [0.15, 0.2) is 0 Å². The molecule has 0 aliphatic heterocycles. The molecule has 3 nitrogen and oxygen atoms in total. The molecule has 0 saturated carbocycles. The van der Waals surface area contributed by atoms with Crippen LogP contribution in [0.25, 0.3) is 0 Å². The molecule has 1 N–H and O–H groups in total. The van der Waals surface area contributed by atoms with Gasteiger partial charge >= 0.3 is 0 Å². The number of hydrogen-bond acceptors (Lipinski definition) is 2. The molecule has 0 atom stereocenters. The predicted octanol–water partition coefficient (Wildman–Crippen LogP) is 1.87. The first-order chi connectivity index (χ1) is 6.09. The second-order valence-electron chi connectivity index (χ2n) is 2.52. The molecule has 1 aromatic carbocycles. The first-order valence-corrected chi connectivity index (χ1v) is 4.05. The van der Waals surface area contributed by atoms with Gasteiger partial charge in [-0.3, -0.25) is 9.59 Å². The molecule has 0 saturated heterocycles. The molecule has 1 rings (SSSR count). The second kappa shape index (κ2) is 4.05. The zero-order chi connectivity index (χ0) is 9.84. The van der Waals surface area contributed by atoms with Crippen LogP contribution >= 0.6 is 11.6 Å². The van der Waals surface area contributed by atoms with Crippen LogP contribution < -0.4 is 5.32 Å². The fourth-order valence-corrected chi connectivity index (χ4v) is 0.878. The molecule has 68 valence electrons. The van der Waals surface area contributed by atoms with Gasteiger partial charge in [-0.1, -0.05) is 11.6 Å². The Labute approximate surface area is 80.7 Å². The summed E-state index contributed by atoms with van der Waals surface area (Å²) in [5, 5.41) is 3.01. The van der Waals surface area contributed by atoms with Crippen molar-refractivity contribution in [2.24, 2.45) is 0 Å². The lowest BCUT2D eigenvalue weighted by molar-refractivity contribution is -0.133. The fraction of sp³-hybridized carbons (Fsp3) is 0.111. The van der Waals surface area contributed by atoms with E-state index in [-0.39, 0.29) is 0 Å². The summed E-state index contributed by atoms with van der Waals surface area (Å²) in [6.45, 7) is 1.21. The van der Waals surface area contributed by atoms with Crippen LogP contribution in [0, 0.1) is 0 Å². The van der Waals surface area contributed by atoms with Crippen molar-refractivity contribution < 1.29 is 9.59 Å². The van der Waals surface area contributed by atoms with Gasteiger partial charge < -0.3 is 5.32 Å². The molecule has 1 amide bonds. The van der Waals surface area contributed by atoms with E-state index in [0.29, 0.717) is 10.7 Å². The standard InChI is InChI=1S/C9H8ClNO2/c1-6(12)9(13)11-8-4-2-7(10)3-5-8/h2-5H,1H3,(H,11,13). The number of benzene rings is 1. The molecular formula is C9H8ClNO2. The summed E-state index contributed by atoms with van der Waals surface area (Å²) >= 11 is 5.63. The van der Waals surface area contributed by atoms with E-state index in [2.05, 4.69) is 5.32 Å². The number of rotatable bonds is 2. The lowest BCUT2D eigenvalue weighted by Crippen LogP contribution is -2.19. The Balaban J connectivity index is 2.70. The molecule has 0 unspecified atom stereocenters. The van der Waals surface area contributed by atoms with Crippen molar-refractivity contribution in [3.05, 3.63) is 29.3 Å². The van der Waals surface area contributed by atoms with Crippen LogP contribution in [-0.2, 0) is 9.59 Å². The highest BCUT2D eigenvalue weighted by Gasteiger charge is 2.06. The minimum atomic E-state index is -0.623. The number of carbonyl (C=O) groups is 2. The Kier molecular flexibility index (Phi) is 3.03. The van der Waals surface area contributed by atoms with Crippen LogP contribution in [0.5, 0.6) is 0 Å². The Morgan fingerprint density at radius 3 is 2.23 bits per heavy atom. The molecule has 0 spiro atoms. The van der Waals surface area contributed by atoms with Crippen LogP contribution in [0.4, 0.5) is 5.69 Å². The summed E-state index contributed by atoms with van der Waals surface area (Å²) in [7, 11) is 0. The van der Waals surface area contributed by atoms with E-state index in [1.165, 1.54) is 6.92 Å². The molecule has 0 bridgehead atoms. The lowest BCUT2D eigenvalue weighted by atomic mass is 10.3. The van der Waals surface area contributed by atoms with E-state index in [9.17, 15) is 9.59 Å². The van der Waals surface area contributed by atoms with Crippen LogP contribution in [0.3, 0.4) is 0 Å². The number of halogens is 1. The van der Waals surface area contributed by atoms with Crippen molar-refractivity contribution in [1.82, 2.24) is 0 Å². The molecule has 13 heavy (non-hydrogen) atoms. The van der Waals surface area contributed by atoms with E-state index in [0.717, 1.165) is 0 Å². The maximum atomic E-state index is 10.9. The third kappa shape index (κ3) is 2.87. The minimum absolute atomic E-state index is 0.519. The maximum Gasteiger partial charge on any atom is 0.291 e. The van der Waals surface area contributed by atoms with Gasteiger partial charge in [0, 0.05) is 17.6 Å². The van der Waals surface area contributed by atoms with Crippen molar-refractivity contribution in [1.29, 1.82) is 0 Å². The quantitative estimate of drug-likeness (QED) is 0.736. The SMILES string of the molecule is CC(=O)C(=O)Nc1ccc(Cl)cc1. The molecule has 0 heterocycles. The van der Waals surface area contributed by atoms with E-state index < -0.39 is 11.7 Å². The number of anilines is 1. The molecule has 1 aromatic rings. The van der Waals surface area contributed by atoms with Gasteiger partial charge in [-0.05, 0) is 24.3 Å². The Morgan fingerprint density at radius 1 is 1.23 bits per heavy atom. The third-order valence-electron chi connectivity index (χ3n) is 1.42. The molecule has 0 aliphatic carbocycles. The fourth-order valence-electron chi connectivity index (χ4n) is 0.752. The Morgan fingerprint density at radius 2 is 1.77 bits per heavy atom. The summed E-state index contributed by atoms with van der Waals surface area (Å²) in [5.74, 6) is -1.14. The van der Waals surface area contributed by atoms with Crippen LogP contribution in [-0.4, -0.2) is 11.7 Å². The van der Waals surface area contributed by atoms with Crippen molar-refractivity contribution >= 4 is 29.0 Å². The number of nitrogens with one attached hydrogen (secondary N) is 1. The summed E-state index contributed by atoms with van der Waals surface area (Å²) < 4.78 is 0. The average molecular weight is 198 g/mol. The summed E-state index contributed by atoms with van der Waals surface area (Å²) in [6, 6.07) is 6.53. The number of amides is 1. The van der Waals surface area contributed by atoms with E-state index in [1.54, 1.807) is 24.3 Å². The largest absolute Gasteiger partial charge is 0.319 e. The first-order valence-electron chi connectivity index (χ1n) is 3.67. The van der Waals surface area contributed by atoms with Crippen LogP contribution in [0.15, 0.2) is 24.3 Å². The average Bonchev–Trinajstić information content (AvgIpc) is 2.08. The maximum absolute atomic E-state index is 10.9. The topological polar surface area (TPSA) is 46.2 Å². The molecule has 4 heteroatoms. The van der Waals surface area contributed by atoms with Crippen LogP contribution in [0.1, 0.15) is 6.92 Å². The van der Waals surface area contributed by atoms with Gasteiger partial charge in [0.1, 0.15) is 0 Å². The van der Waals surface area contributed by atoms with Crippen LogP contribution in [0.2, 0.25) is 5.02 Å². The van der Waals surface area contributed by atoms with Gasteiger partial charge in [0.2, 0.25) is 5.78 Å². The molecule has 0 radical (unpaired) electrons. The summed E-state index contributed by atoms with van der Waals surface area (Å²) in [4.78, 5) is 21.5. The highest BCUT2D eigenvalue weighted by atomic mass is 35.5. The van der Waals surface area contributed by atoms with Gasteiger partial charge in [-0.15, -0.1) is 0 Å². The highest BCUT2D eigenvalue weighted by Crippen LogP contribution is 2.12. The molecule has 0 aromatic heterocycles. The second-order valence-corrected chi connectivity index (χ2v) is 2.95. The number of Topliss-reactive ketones (excluding diaryl/α,β-unsaturated/α-hetero) is 1. The zero-order valence-electron chi connectivity index (χ0n) is 7.00. The normalized spacial score (nSPS) is 9.38. The number of carbonyl (C=O) groups excluding carboxylic acids is 2. The highest BCUT2D eigenvalue weighted by molar-refractivity contribution is 6.39. The third-order valence-corrected chi connectivity index (χ3v) is 1.67. The zero-order valence-corrected chi connectivity index (χ0v) is 7.76. The number of ketones is 1. The minimum Gasteiger partial charge on any atom is -0.319 e. The van der Waals surface area contributed by atoms with E-state index >= 15 is 0 Å². The van der Waals surface area contributed by atoms with Crippen molar-refractivity contribution in [3.63, 3.8) is 0 Å². The predicted molar refractivity (Wildman–Crippen MR) is 50.8 cm³/mol. The van der Waals surface area contributed by atoms with E-state index in [4.69, 9.17) is 11.6 Å². The van der Waals surface area contributed by atoms with Crippen molar-refractivity contribution in [3.8, 4) is 0 Å². The van der Waals surface area contributed by atoms with Gasteiger partial charge in [0.05, 0.1) is 0 Å². The summed E-state index contributed by atoms with van der Waals surface area (Å²) in [6.07, 6.45) is 0. The Hall–Kier alpha value is -1.35. The van der Waals surface area contributed by atoms with Crippen molar-refractivity contribution in [2.75, 3.05) is 5.32 Å². The molecule has 0 fully saturated rings.